The van der Waals surface area contributed by atoms with Crippen molar-refractivity contribution < 1.29 is 18.6 Å². The van der Waals surface area contributed by atoms with Crippen molar-refractivity contribution >= 4 is 67.8 Å². The Morgan fingerprint density at radius 2 is 1.69 bits per heavy atom. The highest BCUT2D eigenvalue weighted by Crippen LogP contribution is 2.41. The van der Waals surface area contributed by atoms with Crippen molar-refractivity contribution in [2.24, 2.45) is 0 Å². The minimum absolute atomic E-state index is 0. The van der Waals surface area contributed by atoms with Gasteiger partial charge in [0.2, 0.25) is 5.95 Å². The summed E-state index contributed by atoms with van der Waals surface area (Å²) in [4.78, 5) is 12.2. The van der Waals surface area contributed by atoms with Crippen molar-refractivity contribution in [3.63, 3.8) is 0 Å². The fourth-order valence-corrected chi connectivity index (χ4v) is 7.67. The molecule has 0 saturated carbocycles. The standard InChI is InChI=1S/C10H12ClN5O2PS.C6H12O2PS.2CH4/c1-19(17)10-18-5(3-20-10)2-16-4-13-6-7(11)14-9(12)15-8(6)16;1-3-5-4-10-6(8-5)9(2)7;;/h4-5,10H,2-3H2,1H3,(H2,12,14,15);5-6H,3-4H2,1-2H3;2*1H4/q2*+1;;. The Kier molecular flexibility index (Phi) is 12.3. The zero-order valence-corrected chi connectivity index (χ0v) is 21.0. The Balaban J connectivity index is 0.000000366. The number of rotatable bonds is 5. The monoisotopic (exact) mass is 543 g/mol. The summed E-state index contributed by atoms with van der Waals surface area (Å²) in [6.45, 7) is 6.06. The largest absolute Gasteiger partial charge is 0.378 e. The zero-order valence-electron chi connectivity index (χ0n) is 16.8. The van der Waals surface area contributed by atoms with Gasteiger partial charge >= 0.3 is 26.0 Å². The number of nitrogens with zero attached hydrogens (tertiary/aromatic N) is 4. The molecule has 2 aliphatic rings. The second kappa shape index (κ2) is 13.4. The molecule has 180 valence electrons. The maximum absolute atomic E-state index is 11.4. The Morgan fingerprint density at radius 1 is 1.12 bits per heavy atom. The molecular weight excluding hydrogens is 512 g/mol. The summed E-state index contributed by atoms with van der Waals surface area (Å²) in [6.07, 6.45) is 2.98. The number of aromatic nitrogens is 4. The minimum atomic E-state index is -1.34. The normalized spacial score (nSPS) is 25.4. The number of halogens is 1. The minimum Gasteiger partial charge on any atom is -0.368 e. The summed E-state index contributed by atoms with van der Waals surface area (Å²) < 4.78 is 35.3. The smallest absolute Gasteiger partial charge is 0.368 e. The fourth-order valence-electron chi connectivity index (χ4n) is 2.84. The molecule has 0 aliphatic carbocycles. The molecule has 0 amide bonds. The molecule has 2 N–H and O–H groups in total. The van der Waals surface area contributed by atoms with Gasteiger partial charge in [0.05, 0.1) is 25.1 Å². The molecule has 6 atom stereocenters. The second-order valence-electron chi connectivity index (χ2n) is 6.74. The number of anilines is 1. The van der Waals surface area contributed by atoms with E-state index in [4.69, 9.17) is 26.8 Å². The molecule has 2 aliphatic heterocycles. The number of nitrogens with two attached hydrogens (primary N) is 1. The molecule has 2 saturated heterocycles. The number of fused-ring (bicyclic) bond motifs is 1. The van der Waals surface area contributed by atoms with Crippen LogP contribution in [0.2, 0.25) is 5.15 Å². The summed E-state index contributed by atoms with van der Waals surface area (Å²) >= 11 is 9.22. The van der Waals surface area contributed by atoms with Gasteiger partial charge in [-0.05, 0) is 6.42 Å². The maximum Gasteiger partial charge on any atom is 0.378 e. The molecule has 9 nitrogen and oxygen atoms in total. The van der Waals surface area contributed by atoms with Crippen molar-refractivity contribution in [3.05, 3.63) is 11.5 Å². The highest BCUT2D eigenvalue weighted by Gasteiger charge is 2.37. The van der Waals surface area contributed by atoms with Crippen LogP contribution in [0.25, 0.3) is 11.2 Å². The molecule has 2 aromatic heterocycles. The van der Waals surface area contributed by atoms with Crippen LogP contribution in [0.1, 0.15) is 28.2 Å². The first-order valence-electron chi connectivity index (χ1n) is 9.26. The Hall–Kier alpha value is -0.540. The number of ether oxygens (including phenoxy) is 2. The number of hydrogen-bond donors (Lipinski definition) is 1. The van der Waals surface area contributed by atoms with Gasteiger partial charge in [0.15, 0.2) is 10.8 Å². The average molecular weight is 544 g/mol. The second-order valence-corrected chi connectivity index (χ2v) is 13.1. The summed E-state index contributed by atoms with van der Waals surface area (Å²) in [5.41, 5.74) is 6.70. The van der Waals surface area contributed by atoms with Gasteiger partial charge in [-0.15, -0.1) is 0 Å². The summed E-state index contributed by atoms with van der Waals surface area (Å²) in [6, 6.07) is 0. The van der Waals surface area contributed by atoms with E-state index in [0.29, 0.717) is 23.8 Å². The van der Waals surface area contributed by atoms with Gasteiger partial charge in [-0.1, -0.05) is 66.0 Å². The number of nitrogen functional groups attached to an aromatic ring is 1. The molecule has 4 rings (SSSR count). The van der Waals surface area contributed by atoms with Gasteiger partial charge in [-0.25, -0.2) is 4.98 Å². The molecule has 0 bridgehead atoms. The third-order valence-corrected chi connectivity index (χ3v) is 10.6. The molecule has 0 aromatic carbocycles. The third-order valence-electron chi connectivity index (χ3n) is 4.36. The van der Waals surface area contributed by atoms with Gasteiger partial charge in [0.1, 0.15) is 18.8 Å². The first kappa shape index (κ1) is 29.5. The molecule has 4 heterocycles. The highest BCUT2D eigenvalue weighted by atomic mass is 35.5. The highest BCUT2D eigenvalue weighted by molar-refractivity contribution is 8.04. The molecule has 0 radical (unpaired) electrons. The fraction of sp³-hybridized carbons (Fsp3) is 0.722. The Bertz CT molecular complexity index is 938. The van der Waals surface area contributed by atoms with Crippen LogP contribution in [-0.2, 0) is 25.1 Å². The van der Waals surface area contributed by atoms with E-state index >= 15 is 0 Å². The summed E-state index contributed by atoms with van der Waals surface area (Å²) in [7, 11) is -2.48. The molecule has 2 aromatic rings. The van der Waals surface area contributed by atoms with E-state index in [2.05, 4.69) is 21.9 Å². The molecule has 2 fully saturated rings. The predicted octanol–water partition coefficient (Wildman–Crippen LogP) is 5.48. The van der Waals surface area contributed by atoms with Crippen LogP contribution in [0.4, 0.5) is 5.95 Å². The predicted molar refractivity (Wildman–Crippen MR) is 138 cm³/mol. The summed E-state index contributed by atoms with van der Waals surface area (Å²) in [5, 5.41) is -0.0181. The van der Waals surface area contributed by atoms with Crippen LogP contribution < -0.4 is 5.73 Å². The van der Waals surface area contributed by atoms with E-state index in [1.807, 2.05) is 4.57 Å². The van der Waals surface area contributed by atoms with Crippen molar-refractivity contribution in [3.8, 4) is 0 Å². The van der Waals surface area contributed by atoms with Crippen molar-refractivity contribution in [2.75, 3.05) is 30.6 Å². The van der Waals surface area contributed by atoms with E-state index in [-0.39, 0.29) is 42.4 Å². The summed E-state index contributed by atoms with van der Waals surface area (Å²) in [5.74, 6) is 1.91. The topological polar surface area (TPSA) is 122 Å². The van der Waals surface area contributed by atoms with Gasteiger partial charge in [-0.3, -0.25) is 0 Å². The van der Waals surface area contributed by atoms with Gasteiger partial charge in [-0.2, -0.15) is 9.97 Å². The quantitative estimate of drug-likeness (QED) is 0.383. The van der Waals surface area contributed by atoms with Crippen LogP contribution in [0.15, 0.2) is 6.33 Å². The van der Waals surface area contributed by atoms with E-state index in [0.717, 1.165) is 17.9 Å². The average Bonchev–Trinajstić information content (AvgIpc) is 3.42. The third kappa shape index (κ3) is 7.49. The SMILES string of the molecule is C.C.CCC1CSC([P+](C)=O)O1.C[P+](=O)C1OC(Cn2cnc3c(Cl)nc(N)nc32)CS1. The van der Waals surface area contributed by atoms with E-state index in [9.17, 15) is 9.13 Å². The van der Waals surface area contributed by atoms with Gasteiger partial charge in [0, 0.05) is 11.5 Å². The molecule has 32 heavy (non-hydrogen) atoms. The number of hydrogen-bond acceptors (Lipinski definition) is 10. The van der Waals surface area contributed by atoms with Crippen molar-refractivity contribution in [1.29, 1.82) is 0 Å². The van der Waals surface area contributed by atoms with Crippen LogP contribution in [0.5, 0.6) is 0 Å². The lowest BCUT2D eigenvalue weighted by Gasteiger charge is -2.09. The number of imidazole rings is 1. The van der Waals surface area contributed by atoms with Crippen LogP contribution in [0.3, 0.4) is 0 Å². The molecule has 14 heteroatoms. The molecule has 0 spiro atoms. The van der Waals surface area contributed by atoms with E-state index < -0.39 is 15.6 Å². The zero-order chi connectivity index (χ0) is 21.8. The van der Waals surface area contributed by atoms with E-state index in [1.165, 1.54) is 0 Å². The lowest BCUT2D eigenvalue weighted by molar-refractivity contribution is 0.0910. The van der Waals surface area contributed by atoms with Crippen molar-refractivity contribution in [1.82, 2.24) is 19.5 Å². The first-order chi connectivity index (χ1) is 14.3. The number of thioether (sulfide) groups is 2. The lowest BCUT2D eigenvalue weighted by atomic mass is 10.3. The lowest BCUT2D eigenvalue weighted by Crippen LogP contribution is -2.18. The molecule has 6 unspecified atom stereocenters. The van der Waals surface area contributed by atoms with E-state index in [1.54, 1.807) is 43.2 Å². The van der Waals surface area contributed by atoms with Gasteiger partial charge in [0.25, 0.3) is 0 Å². The Labute approximate surface area is 204 Å². The first-order valence-corrected chi connectivity index (χ1v) is 15.3. The van der Waals surface area contributed by atoms with Crippen molar-refractivity contribution in [2.45, 2.75) is 57.3 Å². The van der Waals surface area contributed by atoms with Crippen LogP contribution in [-0.4, -0.2) is 66.9 Å². The van der Waals surface area contributed by atoms with Gasteiger partial charge < -0.3 is 19.8 Å². The maximum atomic E-state index is 11.4. The molecular formula is C18H32ClN5O4P2S2+2. The Morgan fingerprint density at radius 3 is 2.19 bits per heavy atom. The van der Waals surface area contributed by atoms with Crippen LogP contribution in [0, 0.1) is 0 Å². The van der Waals surface area contributed by atoms with Crippen LogP contribution >= 0.6 is 50.7 Å².